The molecule has 0 aliphatic rings. The summed E-state index contributed by atoms with van der Waals surface area (Å²) in [6, 6.07) is 4.68. The Hall–Kier alpha value is -2.98. The Balaban J connectivity index is 3.52. The first-order valence-corrected chi connectivity index (χ1v) is 12.7. The normalized spacial score (nSPS) is 12.2. The molecule has 0 heterocycles. The number of ether oxygens (including phenoxy) is 4. The number of amides is 2. The van der Waals surface area contributed by atoms with Gasteiger partial charge in [-0.15, -0.1) is 0 Å². The molecule has 0 atom stereocenters. The molecule has 0 spiro atoms. The largest absolute Gasteiger partial charge is 0.456 e. The fraction of sp³-hybridized carbons (Fsp3) is 0.643. The summed E-state index contributed by atoms with van der Waals surface area (Å²) in [5.74, 6) is -2.87. The zero-order valence-electron chi connectivity index (χ0n) is 24.4. The molecule has 0 bridgehead atoms. The minimum Gasteiger partial charge on any atom is -0.456 e. The lowest BCUT2D eigenvalue weighted by Gasteiger charge is -2.30. The summed E-state index contributed by atoms with van der Waals surface area (Å²) in [5.41, 5.74) is -0.459. The van der Waals surface area contributed by atoms with E-state index in [1.807, 2.05) is 0 Å². The van der Waals surface area contributed by atoms with Crippen molar-refractivity contribution in [2.45, 2.75) is 91.8 Å². The maximum atomic E-state index is 13.2. The maximum absolute atomic E-state index is 13.2. The van der Waals surface area contributed by atoms with Gasteiger partial charge in [-0.05, 0) is 71.6 Å². The summed E-state index contributed by atoms with van der Waals surface area (Å²) in [6.07, 6.45) is 0.384. The number of nitrogens with zero attached hydrogens (tertiary/aromatic N) is 1. The molecular formula is C28H44N2O8. The zero-order chi connectivity index (χ0) is 29.3. The Morgan fingerprint density at radius 1 is 0.974 bits per heavy atom. The monoisotopic (exact) mass is 536 g/mol. The SMILES string of the molecule is COC(CC=O)(OC)C(=O)Nc1cc(C(=O)OC(C)(C)C)ccc1CN(CCC(C)C)C(=O)OC(C)(C)C. The van der Waals surface area contributed by atoms with Gasteiger partial charge in [0.25, 0.3) is 11.7 Å². The summed E-state index contributed by atoms with van der Waals surface area (Å²) < 4.78 is 21.6. The van der Waals surface area contributed by atoms with E-state index in [4.69, 9.17) is 18.9 Å². The van der Waals surface area contributed by atoms with E-state index in [2.05, 4.69) is 19.2 Å². The first-order chi connectivity index (χ1) is 17.5. The molecule has 1 rings (SSSR count). The molecule has 0 aliphatic heterocycles. The molecule has 1 aromatic rings. The van der Waals surface area contributed by atoms with Crippen LogP contribution in [0.5, 0.6) is 0 Å². The lowest BCUT2D eigenvalue weighted by atomic mass is 10.1. The molecule has 1 N–H and O–H groups in total. The number of carbonyl (C=O) groups excluding carboxylic acids is 4. The van der Waals surface area contributed by atoms with Crippen molar-refractivity contribution in [3.05, 3.63) is 29.3 Å². The van der Waals surface area contributed by atoms with Crippen molar-refractivity contribution < 1.29 is 38.1 Å². The Morgan fingerprint density at radius 2 is 1.55 bits per heavy atom. The molecule has 0 saturated carbocycles. The molecule has 214 valence electrons. The highest BCUT2D eigenvalue weighted by molar-refractivity contribution is 5.99. The maximum Gasteiger partial charge on any atom is 0.410 e. The van der Waals surface area contributed by atoms with Gasteiger partial charge in [-0.25, -0.2) is 9.59 Å². The summed E-state index contributed by atoms with van der Waals surface area (Å²) in [6.45, 7) is 15.2. The average Bonchev–Trinajstić information content (AvgIpc) is 2.78. The van der Waals surface area contributed by atoms with Crippen LogP contribution < -0.4 is 5.32 Å². The number of esters is 1. The van der Waals surface area contributed by atoms with Crippen molar-refractivity contribution in [2.75, 3.05) is 26.1 Å². The van der Waals surface area contributed by atoms with Crippen LogP contribution in [-0.4, -0.2) is 66.9 Å². The number of benzene rings is 1. The topological polar surface area (TPSA) is 120 Å². The first-order valence-electron chi connectivity index (χ1n) is 12.7. The predicted octanol–water partition coefficient (Wildman–Crippen LogP) is 4.94. The van der Waals surface area contributed by atoms with Gasteiger partial charge in [0, 0.05) is 26.5 Å². The minimum absolute atomic E-state index is 0.0898. The van der Waals surface area contributed by atoms with Gasteiger partial charge in [0.2, 0.25) is 0 Å². The van der Waals surface area contributed by atoms with E-state index in [-0.39, 0.29) is 24.2 Å². The molecular weight excluding hydrogens is 492 g/mol. The van der Waals surface area contributed by atoms with Crippen molar-refractivity contribution in [2.24, 2.45) is 5.92 Å². The zero-order valence-corrected chi connectivity index (χ0v) is 24.4. The molecule has 0 radical (unpaired) electrons. The van der Waals surface area contributed by atoms with E-state index in [0.29, 0.717) is 24.3 Å². The van der Waals surface area contributed by atoms with Crippen molar-refractivity contribution in [3.8, 4) is 0 Å². The third-order valence-corrected chi connectivity index (χ3v) is 5.34. The first kappa shape index (κ1) is 33.0. The number of methoxy groups -OCH3 is 2. The average molecular weight is 537 g/mol. The molecule has 0 aliphatic carbocycles. The Morgan fingerprint density at radius 3 is 2.03 bits per heavy atom. The Labute approximate surface area is 226 Å². The van der Waals surface area contributed by atoms with Gasteiger partial charge in [-0.2, -0.15) is 0 Å². The number of rotatable bonds is 12. The van der Waals surface area contributed by atoms with E-state index in [1.54, 1.807) is 58.6 Å². The van der Waals surface area contributed by atoms with Crippen molar-refractivity contribution in [1.29, 1.82) is 0 Å². The van der Waals surface area contributed by atoms with Crippen LogP contribution in [0.25, 0.3) is 0 Å². The van der Waals surface area contributed by atoms with Crippen LogP contribution in [0.2, 0.25) is 0 Å². The summed E-state index contributed by atoms with van der Waals surface area (Å²) in [5, 5.41) is 2.72. The molecule has 2 amide bonds. The van der Waals surface area contributed by atoms with Gasteiger partial charge < -0.3 is 34.0 Å². The third-order valence-electron chi connectivity index (χ3n) is 5.34. The van der Waals surface area contributed by atoms with Gasteiger partial charge in [0.05, 0.1) is 18.5 Å². The van der Waals surface area contributed by atoms with E-state index in [0.717, 1.165) is 6.42 Å². The highest BCUT2D eigenvalue weighted by Gasteiger charge is 2.39. The molecule has 0 fully saturated rings. The van der Waals surface area contributed by atoms with Crippen LogP contribution in [0.4, 0.5) is 10.5 Å². The smallest absolute Gasteiger partial charge is 0.410 e. The van der Waals surface area contributed by atoms with Crippen LogP contribution in [0.15, 0.2) is 18.2 Å². The van der Waals surface area contributed by atoms with Crippen molar-refractivity contribution >= 4 is 29.9 Å². The molecule has 38 heavy (non-hydrogen) atoms. The van der Waals surface area contributed by atoms with Crippen LogP contribution >= 0.6 is 0 Å². The standard InChI is InChI=1S/C28H44N2O8/c1-19(2)13-15-30(25(34)38-27(6,7)8)18-21-12-11-20(23(32)37-26(3,4)5)17-22(21)29-24(33)28(35-9,36-10)14-16-31/h11-12,16-17,19H,13-15,18H2,1-10H3,(H,29,33). The predicted molar refractivity (Wildman–Crippen MR) is 144 cm³/mol. The van der Waals surface area contributed by atoms with Gasteiger partial charge in [-0.3, -0.25) is 4.79 Å². The number of hydrogen-bond donors (Lipinski definition) is 1. The number of aldehydes is 1. The number of nitrogens with one attached hydrogen (secondary N) is 1. The quantitative estimate of drug-likeness (QED) is 0.227. The third kappa shape index (κ3) is 10.4. The highest BCUT2D eigenvalue weighted by Crippen LogP contribution is 2.26. The lowest BCUT2D eigenvalue weighted by molar-refractivity contribution is -0.205. The second-order valence-corrected chi connectivity index (χ2v) is 11.4. The summed E-state index contributed by atoms with van der Waals surface area (Å²) in [7, 11) is 2.50. The van der Waals surface area contributed by atoms with Gasteiger partial charge in [0.15, 0.2) is 0 Å². The summed E-state index contributed by atoms with van der Waals surface area (Å²) >= 11 is 0. The van der Waals surface area contributed by atoms with Crippen LogP contribution in [0, 0.1) is 5.92 Å². The fourth-order valence-corrected chi connectivity index (χ4v) is 3.33. The highest BCUT2D eigenvalue weighted by atomic mass is 16.7. The van der Waals surface area contributed by atoms with Crippen molar-refractivity contribution in [1.82, 2.24) is 4.90 Å². The number of anilines is 1. The molecule has 0 aromatic heterocycles. The van der Waals surface area contributed by atoms with E-state index >= 15 is 0 Å². The van der Waals surface area contributed by atoms with Gasteiger partial charge in [-0.1, -0.05) is 19.9 Å². The van der Waals surface area contributed by atoms with Gasteiger partial charge in [0.1, 0.15) is 17.5 Å². The van der Waals surface area contributed by atoms with E-state index in [9.17, 15) is 19.2 Å². The van der Waals surface area contributed by atoms with Crippen molar-refractivity contribution in [3.63, 3.8) is 0 Å². The second kappa shape index (κ2) is 13.7. The van der Waals surface area contributed by atoms with Crippen LogP contribution in [0.1, 0.15) is 84.2 Å². The molecule has 10 nitrogen and oxygen atoms in total. The lowest BCUT2D eigenvalue weighted by Crippen LogP contribution is -2.47. The molecule has 0 unspecified atom stereocenters. The molecule has 10 heteroatoms. The Kier molecular flexibility index (Phi) is 11.9. The minimum atomic E-state index is -1.87. The molecule has 0 saturated heterocycles. The molecule has 1 aromatic carbocycles. The Bertz CT molecular complexity index is 972. The second-order valence-electron chi connectivity index (χ2n) is 11.4. The fourth-order valence-electron chi connectivity index (χ4n) is 3.33. The van der Waals surface area contributed by atoms with E-state index in [1.165, 1.54) is 20.3 Å². The van der Waals surface area contributed by atoms with Crippen LogP contribution in [-0.2, 0) is 35.1 Å². The van der Waals surface area contributed by atoms with Crippen LogP contribution in [0.3, 0.4) is 0 Å². The summed E-state index contributed by atoms with van der Waals surface area (Å²) in [4.78, 5) is 51.8. The number of carbonyl (C=O) groups is 4. The van der Waals surface area contributed by atoms with Gasteiger partial charge >= 0.3 is 12.1 Å². The number of hydrogen-bond acceptors (Lipinski definition) is 8. The van der Waals surface area contributed by atoms with E-state index < -0.39 is 35.0 Å².